The predicted octanol–water partition coefficient (Wildman–Crippen LogP) is 4.10. The summed E-state index contributed by atoms with van der Waals surface area (Å²) in [5, 5.41) is 14.8. The van der Waals surface area contributed by atoms with Crippen LogP contribution in [0.2, 0.25) is 0 Å². The third-order valence-electron chi connectivity index (χ3n) is 6.32. The number of ether oxygens (including phenoxy) is 1. The second-order valence-corrected chi connectivity index (χ2v) is 8.23. The molecule has 1 aliphatic heterocycles. The molecule has 5 rings (SSSR count). The molecular weight excluding hydrogens is 420 g/mol. The first-order valence-electron chi connectivity index (χ1n) is 10.8. The van der Waals surface area contributed by atoms with Gasteiger partial charge in [-0.1, -0.05) is 66.7 Å². The lowest BCUT2D eigenvalue weighted by molar-refractivity contribution is -0.139. The summed E-state index contributed by atoms with van der Waals surface area (Å²) in [5.74, 6) is -2.28. The van der Waals surface area contributed by atoms with E-state index in [-0.39, 0.29) is 24.9 Å². The number of alkyl carbamates (subject to hydrolysis) is 1. The van der Waals surface area contributed by atoms with Gasteiger partial charge >= 0.3 is 12.1 Å². The van der Waals surface area contributed by atoms with Gasteiger partial charge in [-0.2, -0.15) is 0 Å². The number of carboxylic acids is 1. The maximum Gasteiger partial charge on any atom is 0.407 e. The van der Waals surface area contributed by atoms with E-state index in [0.29, 0.717) is 5.69 Å². The number of amides is 2. The van der Waals surface area contributed by atoms with Gasteiger partial charge in [0.05, 0.1) is 5.92 Å². The van der Waals surface area contributed by atoms with Gasteiger partial charge in [0.1, 0.15) is 12.6 Å². The number of nitrogens with one attached hydrogen (secondary N) is 2. The van der Waals surface area contributed by atoms with E-state index in [1.165, 1.54) is 0 Å². The fraction of sp³-hybridized carbons (Fsp3) is 0.192. The van der Waals surface area contributed by atoms with Crippen molar-refractivity contribution < 1.29 is 24.2 Å². The number of aliphatic carboxylic acids is 1. The van der Waals surface area contributed by atoms with E-state index in [1.54, 1.807) is 24.3 Å². The minimum Gasteiger partial charge on any atom is -0.480 e. The summed E-state index contributed by atoms with van der Waals surface area (Å²) in [6, 6.07) is 21.8. The van der Waals surface area contributed by atoms with Gasteiger partial charge in [0.25, 0.3) is 0 Å². The number of rotatable bonds is 6. The van der Waals surface area contributed by atoms with Crippen LogP contribution in [-0.4, -0.2) is 35.7 Å². The molecule has 1 unspecified atom stereocenters. The molecule has 7 nitrogen and oxygen atoms in total. The Bertz CT molecular complexity index is 1210. The summed E-state index contributed by atoms with van der Waals surface area (Å²) in [5.41, 5.74) is 5.75. The molecule has 0 spiro atoms. The molecule has 0 bridgehead atoms. The van der Waals surface area contributed by atoms with Gasteiger partial charge in [0.2, 0.25) is 5.91 Å². The first-order chi connectivity index (χ1) is 16.0. The molecule has 3 aromatic rings. The second-order valence-electron chi connectivity index (χ2n) is 8.23. The van der Waals surface area contributed by atoms with Crippen LogP contribution in [0.5, 0.6) is 0 Å². The number of fused-ring (bicyclic) bond motifs is 4. The molecule has 0 fully saturated rings. The Labute approximate surface area is 190 Å². The van der Waals surface area contributed by atoms with E-state index in [0.717, 1.165) is 27.8 Å². The Balaban J connectivity index is 1.27. The minimum atomic E-state index is -1.26. The van der Waals surface area contributed by atoms with Crippen molar-refractivity contribution in [3.63, 3.8) is 0 Å². The predicted molar refractivity (Wildman–Crippen MR) is 122 cm³/mol. The molecule has 1 aliphatic carbocycles. The topological polar surface area (TPSA) is 105 Å². The van der Waals surface area contributed by atoms with E-state index in [9.17, 15) is 19.5 Å². The normalized spacial score (nSPS) is 16.8. The van der Waals surface area contributed by atoms with Crippen LogP contribution in [0.1, 0.15) is 34.9 Å². The highest BCUT2D eigenvalue weighted by Crippen LogP contribution is 2.44. The maximum absolute atomic E-state index is 12.5. The van der Waals surface area contributed by atoms with Gasteiger partial charge in [-0.15, -0.1) is 0 Å². The zero-order chi connectivity index (χ0) is 22.9. The molecule has 7 heteroatoms. The van der Waals surface area contributed by atoms with Gasteiger partial charge in [0, 0.05) is 11.6 Å². The van der Waals surface area contributed by atoms with E-state index < -0.39 is 24.0 Å². The van der Waals surface area contributed by atoms with Crippen molar-refractivity contribution >= 4 is 23.7 Å². The Kier molecular flexibility index (Phi) is 5.30. The monoisotopic (exact) mass is 442 g/mol. The lowest BCUT2D eigenvalue weighted by atomic mass is 9.93. The Hall–Kier alpha value is -4.13. The fourth-order valence-corrected chi connectivity index (χ4v) is 4.75. The van der Waals surface area contributed by atoms with Gasteiger partial charge in [-0.05, 0) is 40.3 Å². The quantitative estimate of drug-likeness (QED) is 0.533. The summed E-state index contributed by atoms with van der Waals surface area (Å²) in [6.07, 6.45) is -0.890. The van der Waals surface area contributed by atoms with E-state index in [2.05, 4.69) is 10.6 Å². The zero-order valence-corrected chi connectivity index (χ0v) is 17.7. The van der Waals surface area contributed by atoms with Crippen molar-refractivity contribution in [3.8, 4) is 11.1 Å². The SMILES string of the molecule is O=C(N[C@@H](CC1C(=O)Nc2ccccc21)C(=O)O)OCC1c2ccccc2-c2ccccc21. The van der Waals surface area contributed by atoms with Crippen molar-refractivity contribution in [2.45, 2.75) is 24.3 Å². The standard InChI is InChI=1S/C26H22N2O5/c29-24-20(19-11-5-6-12-22(19)27-24)13-23(25(30)31)28-26(32)33-14-21-17-9-3-1-7-15(17)16-8-2-4-10-18(16)21/h1-12,20-21,23H,13-14H2,(H,27,29)(H,28,32)(H,30,31)/t20?,23-/m0/s1. The molecule has 3 N–H and O–H groups in total. The molecule has 2 amide bonds. The van der Waals surface area contributed by atoms with Crippen LogP contribution in [0.25, 0.3) is 11.1 Å². The van der Waals surface area contributed by atoms with Crippen molar-refractivity contribution in [3.05, 3.63) is 89.5 Å². The van der Waals surface area contributed by atoms with E-state index in [1.807, 2.05) is 48.5 Å². The maximum atomic E-state index is 12.5. The first kappa shape index (κ1) is 20.8. The number of hydrogen-bond donors (Lipinski definition) is 3. The van der Waals surface area contributed by atoms with Crippen LogP contribution in [0.3, 0.4) is 0 Å². The van der Waals surface area contributed by atoms with Crippen LogP contribution in [-0.2, 0) is 14.3 Å². The Morgan fingerprint density at radius 3 is 2.09 bits per heavy atom. The molecule has 0 aromatic heterocycles. The molecule has 0 radical (unpaired) electrons. The number of anilines is 1. The molecule has 33 heavy (non-hydrogen) atoms. The molecular formula is C26H22N2O5. The molecule has 166 valence electrons. The van der Waals surface area contributed by atoms with Crippen molar-refractivity contribution in [1.82, 2.24) is 5.32 Å². The average molecular weight is 442 g/mol. The van der Waals surface area contributed by atoms with E-state index in [4.69, 9.17) is 4.74 Å². The molecule has 2 aliphatic rings. The van der Waals surface area contributed by atoms with Gasteiger partial charge in [0.15, 0.2) is 0 Å². The van der Waals surface area contributed by atoms with E-state index >= 15 is 0 Å². The summed E-state index contributed by atoms with van der Waals surface area (Å²) >= 11 is 0. The first-order valence-corrected chi connectivity index (χ1v) is 10.8. The summed E-state index contributed by atoms with van der Waals surface area (Å²) in [7, 11) is 0. The highest BCUT2D eigenvalue weighted by Gasteiger charge is 2.35. The average Bonchev–Trinajstić information content (AvgIpc) is 3.31. The minimum absolute atomic E-state index is 0.0671. The Morgan fingerprint density at radius 2 is 1.45 bits per heavy atom. The number of carbonyl (C=O) groups is 3. The zero-order valence-electron chi connectivity index (χ0n) is 17.7. The number of carbonyl (C=O) groups excluding carboxylic acids is 2. The smallest absolute Gasteiger partial charge is 0.407 e. The highest BCUT2D eigenvalue weighted by molar-refractivity contribution is 6.03. The number of carboxylic acid groups (broad SMARTS) is 1. The largest absolute Gasteiger partial charge is 0.480 e. The van der Waals surface area contributed by atoms with Crippen LogP contribution in [0.15, 0.2) is 72.8 Å². The third kappa shape index (κ3) is 3.82. The highest BCUT2D eigenvalue weighted by atomic mass is 16.5. The number of para-hydroxylation sites is 1. The second kappa shape index (κ2) is 8.43. The molecule has 0 saturated heterocycles. The van der Waals surface area contributed by atoms with Crippen molar-refractivity contribution in [2.75, 3.05) is 11.9 Å². The molecule has 1 heterocycles. The van der Waals surface area contributed by atoms with Crippen molar-refractivity contribution in [2.24, 2.45) is 0 Å². The number of hydrogen-bond acceptors (Lipinski definition) is 4. The van der Waals surface area contributed by atoms with Gasteiger partial charge < -0.3 is 20.5 Å². The lowest BCUT2D eigenvalue weighted by Crippen LogP contribution is -2.43. The molecule has 2 atom stereocenters. The lowest BCUT2D eigenvalue weighted by Gasteiger charge is -2.19. The van der Waals surface area contributed by atoms with Crippen LogP contribution < -0.4 is 10.6 Å². The van der Waals surface area contributed by atoms with Crippen LogP contribution in [0.4, 0.5) is 10.5 Å². The Morgan fingerprint density at radius 1 is 0.879 bits per heavy atom. The number of benzene rings is 3. The van der Waals surface area contributed by atoms with Gasteiger partial charge in [-0.3, -0.25) is 4.79 Å². The summed E-state index contributed by atoms with van der Waals surface area (Å²) in [4.78, 5) is 36.7. The molecule has 3 aromatic carbocycles. The van der Waals surface area contributed by atoms with Crippen LogP contribution in [0, 0.1) is 0 Å². The van der Waals surface area contributed by atoms with Crippen molar-refractivity contribution in [1.29, 1.82) is 0 Å². The summed E-state index contributed by atoms with van der Waals surface area (Å²) < 4.78 is 5.47. The fourth-order valence-electron chi connectivity index (χ4n) is 4.75. The van der Waals surface area contributed by atoms with Crippen LogP contribution >= 0.6 is 0 Å². The molecule has 0 saturated carbocycles. The van der Waals surface area contributed by atoms with Gasteiger partial charge in [-0.25, -0.2) is 9.59 Å². The summed E-state index contributed by atoms with van der Waals surface area (Å²) in [6.45, 7) is 0.0823. The third-order valence-corrected chi connectivity index (χ3v) is 6.32.